The van der Waals surface area contributed by atoms with Gasteiger partial charge in [0.2, 0.25) is 6.79 Å². The lowest BCUT2D eigenvalue weighted by Crippen LogP contribution is -2.50. The Balaban J connectivity index is 1.41. The fourth-order valence-electron chi connectivity index (χ4n) is 3.32. The zero-order chi connectivity index (χ0) is 18.1. The Morgan fingerprint density at radius 3 is 2.50 bits per heavy atom. The third kappa shape index (κ3) is 3.24. The summed E-state index contributed by atoms with van der Waals surface area (Å²) < 4.78 is 11.1. The minimum Gasteiger partial charge on any atom is -0.454 e. The molecule has 2 aliphatic rings. The van der Waals surface area contributed by atoms with Crippen molar-refractivity contribution >= 4 is 29.0 Å². The molecule has 1 N–H and O–H groups in total. The molecule has 1 saturated heterocycles. The molecule has 2 heterocycles. The molecule has 2 aliphatic heterocycles. The number of hydrogen-bond acceptors (Lipinski definition) is 4. The van der Waals surface area contributed by atoms with E-state index in [4.69, 9.17) is 21.1 Å². The van der Waals surface area contributed by atoms with Crippen LogP contribution in [0, 0.1) is 6.92 Å². The summed E-state index contributed by atoms with van der Waals surface area (Å²) in [5.41, 5.74) is 2.95. The number of benzene rings is 2. The number of fused-ring (bicyclic) bond motifs is 1. The summed E-state index contributed by atoms with van der Waals surface area (Å²) >= 11 is 5.88. The molecule has 136 valence electrons. The number of carbonyl (C=O) groups excluding carboxylic acids is 1. The molecule has 26 heavy (non-hydrogen) atoms. The summed E-state index contributed by atoms with van der Waals surface area (Å²) in [4.78, 5) is 16.5. The van der Waals surface area contributed by atoms with Crippen molar-refractivity contribution in [2.24, 2.45) is 0 Å². The summed E-state index contributed by atoms with van der Waals surface area (Å²) in [7, 11) is 0. The van der Waals surface area contributed by atoms with Crippen LogP contribution in [0.1, 0.15) is 5.56 Å². The van der Waals surface area contributed by atoms with Gasteiger partial charge in [0.1, 0.15) is 0 Å². The van der Waals surface area contributed by atoms with Crippen LogP contribution in [-0.2, 0) is 0 Å². The molecule has 2 aromatic carbocycles. The highest BCUT2D eigenvalue weighted by atomic mass is 35.5. The second-order valence-corrected chi connectivity index (χ2v) is 6.81. The number of nitrogens with zero attached hydrogens (tertiary/aromatic N) is 2. The highest BCUT2D eigenvalue weighted by molar-refractivity contribution is 6.30. The first-order valence-corrected chi connectivity index (χ1v) is 8.95. The molecule has 6 nitrogen and oxygen atoms in total. The molecule has 0 atom stereocenters. The number of piperazine rings is 1. The highest BCUT2D eigenvalue weighted by Gasteiger charge is 2.27. The summed E-state index contributed by atoms with van der Waals surface area (Å²) in [6.45, 7) is 5.10. The molecule has 1 fully saturated rings. The van der Waals surface area contributed by atoms with Gasteiger partial charge in [-0.15, -0.1) is 0 Å². The number of hydrogen-bond donors (Lipinski definition) is 1. The summed E-state index contributed by atoms with van der Waals surface area (Å²) in [5.74, 6) is 1.59. The molecule has 0 bridgehead atoms. The summed E-state index contributed by atoms with van der Waals surface area (Å²) in [5, 5.41) is 3.56. The van der Waals surface area contributed by atoms with Crippen LogP contribution in [0.5, 0.6) is 11.5 Å². The number of aryl methyl sites for hydroxylation is 1. The van der Waals surface area contributed by atoms with Crippen molar-refractivity contribution < 1.29 is 14.3 Å². The van der Waals surface area contributed by atoms with Crippen molar-refractivity contribution in [1.29, 1.82) is 0 Å². The predicted octanol–water partition coefficient (Wildman–Crippen LogP) is 3.73. The second-order valence-electron chi connectivity index (χ2n) is 6.38. The molecule has 2 aromatic rings. The van der Waals surface area contributed by atoms with E-state index in [0.29, 0.717) is 18.1 Å². The van der Waals surface area contributed by atoms with Gasteiger partial charge in [-0.2, -0.15) is 0 Å². The predicted molar refractivity (Wildman–Crippen MR) is 102 cm³/mol. The Bertz CT molecular complexity index is 818. The lowest BCUT2D eigenvalue weighted by atomic mass is 10.1. The van der Waals surface area contributed by atoms with Crippen molar-refractivity contribution in [3.63, 3.8) is 0 Å². The maximum absolute atomic E-state index is 12.5. The first kappa shape index (κ1) is 16.8. The van der Waals surface area contributed by atoms with Crippen LogP contribution in [-0.4, -0.2) is 43.9 Å². The van der Waals surface area contributed by atoms with Gasteiger partial charge in [-0.05, 0) is 42.8 Å². The number of halogens is 1. The van der Waals surface area contributed by atoms with Gasteiger partial charge in [-0.3, -0.25) is 0 Å². The van der Waals surface area contributed by atoms with Crippen LogP contribution in [0.25, 0.3) is 0 Å². The number of ether oxygens (including phenoxy) is 2. The number of rotatable bonds is 2. The molecule has 0 radical (unpaired) electrons. The average molecular weight is 374 g/mol. The standard InChI is InChI=1S/C19H20ClN3O3/c1-13-2-7-16-18(26-12-25-16)17(13)22-8-10-23(11-9-22)19(24)21-15-5-3-14(20)4-6-15/h2-7H,8-12H2,1H3,(H,21,24). The Morgan fingerprint density at radius 1 is 1.04 bits per heavy atom. The molecule has 2 amide bonds. The topological polar surface area (TPSA) is 54.0 Å². The average Bonchev–Trinajstić information content (AvgIpc) is 3.12. The van der Waals surface area contributed by atoms with Gasteiger partial charge in [-0.25, -0.2) is 4.79 Å². The fourth-order valence-corrected chi connectivity index (χ4v) is 3.44. The van der Waals surface area contributed by atoms with Crippen LogP contribution in [0.4, 0.5) is 16.2 Å². The lowest BCUT2D eigenvalue weighted by molar-refractivity contribution is 0.174. The van der Waals surface area contributed by atoms with Crippen molar-refractivity contribution in [1.82, 2.24) is 4.90 Å². The third-order valence-corrected chi connectivity index (χ3v) is 4.95. The minimum absolute atomic E-state index is 0.0958. The number of nitrogens with one attached hydrogen (secondary N) is 1. The van der Waals surface area contributed by atoms with Gasteiger partial charge in [0.05, 0.1) is 5.69 Å². The highest BCUT2D eigenvalue weighted by Crippen LogP contribution is 2.43. The van der Waals surface area contributed by atoms with Crippen LogP contribution in [0.2, 0.25) is 5.02 Å². The molecule has 4 rings (SSSR count). The van der Waals surface area contributed by atoms with Crippen LogP contribution < -0.4 is 19.7 Å². The fraction of sp³-hybridized carbons (Fsp3) is 0.316. The van der Waals surface area contributed by atoms with E-state index in [0.717, 1.165) is 41.5 Å². The van der Waals surface area contributed by atoms with E-state index in [9.17, 15) is 4.79 Å². The largest absolute Gasteiger partial charge is 0.454 e. The van der Waals surface area contributed by atoms with E-state index in [1.54, 1.807) is 24.3 Å². The van der Waals surface area contributed by atoms with Gasteiger partial charge in [-0.1, -0.05) is 17.7 Å². The van der Waals surface area contributed by atoms with E-state index in [2.05, 4.69) is 17.1 Å². The van der Waals surface area contributed by atoms with Gasteiger partial charge in [0, 0.05) is 36.9 Å². The zero-order valence-corrected chi connectivity index (χ0v) is 15.3. The molecule has 0 spiro atoms. The second kappa shape index (κ2) is 6.96. The van der Waals surface area contributed by atoms with Gasteiger partial charge >= 0.3 is 6.03 Å². The monoisotopic (exact) mass is 373 g/mol. The molecule has 7 heteroatoms. The quantitative estimate of drug-likeness (QED) is 0.871. The number of urea groups is 1. The van der Waals surface area contributed by atoms with Gasteiger partial charge < -0.3 is 24.6 Å². The smallest absolute Gasteiger partial charge is 0.321 e. The van der Waals surface area contributed by atoms with Crippen molar-refractivity contribution in [2.45, 2.75) is 6.92 Å². The first-order chi connectivity index (χ1) is 12.6. The Hall–Kier alpha value is -2.60. The van der Waals surface area contributed by atoms with Crippen LogP contribution >= 0.6 is 11.6 Å². The van der Waals surface area contributed by atoms with Gasteiger partial charge in [0.15, 0.2) is 11.5 Å². The van der Waals surface area contributed by atoms with Crippen molar-refractivity contribution in [3.05, 3.63) is 47.0 Å². The third-order valence-electron chi connectivity index (χ3n) is 4.69. The Labute approximate surface area is 157 Å². The molecular formula is C19H20ClN3O3. The van der Waals surface area contributed by atoms with E-state index in [1.165, 1.54) is 0 Å². The van der Waals surface area contributed by atoms with E-state index >= 15 is 0 Å². The SMILES string of the molecule is Cc1ccc2c(c1N1CCN(C(=O)Nc3ccc(Cl)cc3)CC1)OCO2. The minimum atomic E-state index is -0.0958. The van der Waals surface area contributed by atoms with Crippen molar-refractivity contribution in [3.8, 4) is 11.5 Å². The zero-order valence-electron chi connectivity index (χ0n) is 14.5. The summed E-state index contributed by atoms with van der Waals surface area (Å²) in [6, 6.07) is 11.0. The van der Waals surface area contributed by atoms with E-state index in [1.807, 2.05) is 17.0 Å². The van der Waals surface area contributed by atoms with Crippen LogP contribution in [0.3, 0.4) is 0 Å². The molecule has 0 saturated carbocycles. The van der Waals surface area contributed by atoms with Crippen LogP contribution in [0.15, 0.2) is 36.4 Å². The molecule has 0 aliphatic carbocycles. The summed E-state index contributed by atoms with van der Waals surface area (Å²) in [6.07, 6.45) is 0. The maximum Gasteiger partial charge on any atom is 0.321 e. The number of carbonyl (C=O) groups is 1. The van der Waals surface area contributed by atoms with E-state index in [-0.39, 0.29) is 12.8 Å². The maximum atomic E-state index is 12.5. The van der Waals surface area contributed by atoms with Crippen molar-refractivity contribution in [2.75, 3.05) is 43.2 Å². The normalized spacial score (nSPS) is 15.9. The van der Waals surface area contributed by atoms with Gasteiger partial charge in [0.25, 0.3) is 0 Å². The molecule has 0 aromatic heterocycles. The van der Waals surface area contributed by atoms with E-state index < -0.39 is 0 Å². The number of amides is 2. The number of anilines is 2. The molecular weight excluding hydrogens is 354 g/mol. The lowest BCUT2D eigenvalue weighted by Gasteiger charge is -2.37. The molecule has 0 unspecified atom stereocenters. The Kier molecular flexibility index (Phi) is 4.51. The Morgan fingerprint density at radius 2 is 1.77 bits per heavy atom. The first-order valence-electron chi connectivity index (χ1n) is 8.57.